The fourth-order valence-corrected chi connectivity index (χ4v) is 2.26. The van der Waals surface area contributed by atoms with Crippen LogP contribution >= 0.6 is 31.9 Å². The molecule has 0 heterocycles. The Kier molecular flexibility index (Phi) is 4.14. The lowest BCUT2D eigenvalue weighted by Gasteiger charge is -2.09. The van der Waals surface area contributed by atoms with Crippen LogP contribution in [0, 0.1) is 5.82 Å². The van der Waals surface area contributed by atoms with Crippen LogP contribution in [0.4, 0.5) is 4.39 Å². The Balaban J connectivity index is 2.31. The second-order valence-corrected chi connectivity index (χ2v) is 5.19. The molecule has 18 heavy (non-hydrogen) atoms. The van der Waals surface area contributed by atoms with Crippen LogP contribution < -0.4 is 4.74 Å². The van der Waals surface area contributed by atoms with Gasteiger partial charge in [-0.3, -0.25) is 4.79 Å². The summed E-state index contributed by atoms with van der Waals surface area (Å²) < 4.78 is 19.7. The van der Waals surface area contributed by atoms with Crippen LogP contribution in [0.3, 0.4) is 0 Å². The molecule has 0 spiro atoms. The lowest BCUT2D eigenvalue weighted by molar-refractivity contribution is 0.112. The predicted octanol–water partition coefficient (Wildman–Crippen LogP) is 4.96. The van der Waals surface area contributed by atoms with Crippen molar-refractivity contribution in [2.45, 2.75) is 0 Å². The first kappa shape index (κ1) is 13.2. The second kappa shape index (κ2) is 5.63. The Morgan fingerprint density at radius 1 is 1.00 bits per heavy atom. The Bertz CT molecular complexity index is 600. The molecular weight excluding hydrogens is 367 g/mol. The highest BCUT2D eigenvalue weighted by atomic mass is 79.9. The van der Waals surface area contributed by atoms with Crippen LogP contribution in [-0.4, -0.2) is 6.29 Å². The summed E-state index contributed by atoms with van der Waals surface area (Å²) in [6.07, 6.45) is 0.752. The van der Waals surface area contributed by atoms with E-state index in [-0.39, 0.29) is 5.82 Å². The van der Waals surface area contributed by atoms with E-state index >= 15 is 0 Å². The Labute approximate surface area is 120 Å². The molecule has 2 nitrogen and oxygen atoms in total. The number of aldehydes is 1. The van der Waals surface area contributed by atoms with Crippen LogP contribution in [0.25, 0.3) is 0 Å². The van der Waals surface area contributed by atoms with E-state index in [0.29, 0.717) is 26.0 Å². The highest BCUT2D eigenvalue weighted by Gasteiger charge is 2.07. The molecule has 0 atom stereocenters. The minimum Gasteiger partial charge on any atom is -0.455 e. The summed E-state index contributed by atoms with van der Waals surface area (Å²) in [5.74, 6) is 0.702. The van der Waals surface area contributed by atoms with E-state index < -0.39 is 0 Å². The third-order valence-electron chi connectivity index (χ3n) is 2.21. The molecule has 0 bridgehead atoms. The van der Waals surface area contributed by atoms with Gasteiger partial charge >= 0.3 is 0 Å². The van der Waals surface area contributed by atoms with E-state index in [1.165, 1.54) is 18.2 Å². The van der Waals surface area contributed by atoms with Gasteiger partial charge in [-0.1, -0.05) is 0 Å². The van der Waals surface area contributed by atoms with Crippen LogP contribution in [0.15, 0.2) is 45.3 Å². The van der Waals surface area contributed by atoms with Crippen molar-refractivity contribution < 1.29 is 13.9 Å². The molecule has 0 amide bonds. The molecule has 2 rings (SSSR count). The fraction of sp³-hybridized carbons (Fsp3) is 0. The number of carbonyl (C=O) groups is 1. The number of halogens is 3. The number of hydrogen-bond acceptors (Lipinski definition) is 2. The number of benzene rings is 2. The van der Waals surface area contributed by atoms with Gasteiger partial charge < -0.3 is 4.74 Å². The van der Waals surface area contributed by atoms with Crippen LogP contribution in [0.1, 0.15) is 10.4 Å². The van der Waals surface area contributed by atoms with E-state index in [1.807, 2.05) is 0 Å². The third-order valence-corrected chi connectivity index (χ3v) is 3.45. The van der Waals surface area contributed by atoms with Crippen molar-refractivity contribution in [3.63, 3.8) is 0 Å². The summed E-state index contributed by atoms with van der Waals surface area (Å²) in [6.45, 7) is 0. The van der Waals surface area contributed by atoms with E-state index in [9.17, 15) is 9.18 Å². The molecule has 0 aliphatic heterocycles. The van der Waals surface area contributed by atoms with E-state index in [0.717, 1.165) is 6.29 Å². The molecule has 0 saturated heterocycles. The summed E-state index contributed by atoms with van der Waals surface area (Å²) in [5.41, 5.74) is 0.549. The SMILES string of the molecule is O=Cc1ccc(Oc2ccc(F)cc2Br)c(Br)c1. The molecule has 2 aromatic carbocycles. The van der Waals surface area contributed by atoms with Gasteiger partial charge in [0.15, 0.2) is 0 Å². The molecule has 0 saturated carbocycles. The standard InChI is InChI=1S/C13H7Br2FO2/c14-10-5-8(7-17)1-3-12(10)18-13-4-2-9(16)6-11(13)15/h1-7H. The van der Waals surface area contributed by atoms with Gasteiger partial charge in [-0.25, -0.2) is 4.39 Å². The minimum atomic E-state index is -0.343. The van der Waals surface area contributed by atoms with E-state index in [4.69, 9.17) is 4.74 Å². The molecular formula is C13H7Br2FO2. The molecule has 0 N–H and O–H groups in total. The number of hydrogen-bond donors (Lipinski definition) is 0. The summed E-state index contributed by atoms with van der Waals surface area (Å²) in [5, 5.41) is 0. The van der Waals surface area contributed by atoms with Crippen LogP contribution in [-0.2, 0) is 0 Å². The van der Waals surface area contributed by atoms with Gasteiger partial charge in [0, 0.05) is 5.56 Å². The van der Waals surface area contributed by atoms with Gasteiger partial charge in [-0.05, 0) is 68.3 Å². The molecule has 0 fully saturated rings. The van der Waals surface area contributed by atoms with E-state index in [1.54, 1.807) is 18.2 Å². The fourth-order valence-electron chi connectivity index (χ4n) is 1.35. The highest BCUT2D eigenvalue weighted by molar-refractivity contribution is 9.11. The van der Waals surface area contributed by atoms with Gasteiger partial charge in [0.25, 0.3) is 0 Å². The summed E-state index contributed by atoms with van der Waals surface area (Å²) >= 11 is 6.53. The lowest BCUT2D eigenvalue weighted by Crippen LogP contribution is -1.89. The van der Waals surface area contributed by atoms with Crippen LogP contribution in [0.5, 0.6) is 11.5 Å². The monoisotopic (exact) mass is 372 g/mol. The van der Waals surface area contributed by atoms with Crippen molar-refractivity contribution >= 4 is 38.1 Å². The maximum absolute atomic E-state index is 12.9. The molecule has 0 aliphatic carbocycles. The van der Waals surface area contributed by atoms with Gasteiger partial charge in [0.05, 0.1) is 8.95 Å². The quantitative estimate of drug-likeness (QED) is 0.711. The predicted molar refractivity (Wildman–Crippen MR) is 73.7 cm³/mol. The van der Waals surface area contributed by atoms with Gasteiger partial charge in [-0.2, -0.15) is 0 Å². The molecule has 0 radical (unpaired) electrons. The van der Waals surface area contributed by atoms with Gasteiger partial charge in [-0.15, -0.1) is 0 Å². The Morgan fingerprint density at radius 2 is 1.61 bits per heavy atom. The summed E-state index contributed by atoms with van der Waals surface area (Å²) in [6, 6.07) is 9.13. The molecule has 0 aliphatic rings. The topological polar surface area (TPSA) is 26.3 Å². The van der Waals surface area contributed by atoms with E-state index in [2.05, 4.69) is 31.9 Å². The van der Waals surface area contributed by atoms with Crippen LogP contribution in [0.2, 0.25) is 0 Å². The first-order chi connectivity index (χ1) is 8.60. The largest absolute Gasteiger partial charge is 0.455 e. The molecule has 5 heteroatoms. The first-order valence-electron chi connectivity index (χ1n) is 4.98. The van der Waals surface area contributed by atoms with Crippen molar-refractivity contribution in [2.75, 3.05) is 0 Å². The zero-order valence-corrected chi connectivity index (χ0v) is 12.2. The Morgan fingerprint density at radius 3 is 2.17 bits per heavy atom. The highest BCUT2D eigenvalue weighted by Crippen LogP contribution is 2.34. The van der Waals surface area contributed by atoms with Gasteiger partial charge in [0.2, 0.25) is 0 Å². The smallest absolute Gasteiger partial charge is 0.150 e. The maximum atomic E-state index is 12.9. The first-order valence-corrected chi connectivity index (χ1v) is 6.56. The van der Waals surface area contributed by atoms with Crippen molar-refractivity contribution in [1.29, 1.82) is 0 Å². The number of ether oxygens (including phenoxy) is 1. The molecule has 2 aromatic rings. The molecule has 0 unspecified atom stereocenters. The number of rotatable bonds is 3. The lowest BCUT2D eigenvalue weighted by atomic mass is 10.2. The van der Waals surface area contributed by atoms with Gasteiger partial charge in [0.1, 0.15) is 23.6 Å². The molecule has 92 valence electrons. The maximum Gasteiger partial charge on any atom is 0.150 e. The molecule has 0 aromatic heterocycles. The Hall–Kier alpha value is -1.20. The van der Waals surface area contributed by atoms with Crippen molar-refractivity contribution in [3.05, 3.63) is 56.7 Å². The normalized spacial score (nSPS) is 10.2. The average Bonchev–Trinajstić information content (AvgIpc) is 2.34. The van der Waals surface area contributed by atoms with Crippen molar-refractivity contribution in [1.82, 2.24) is 0 Å². The second-order valence-electron chi connectivity index (χ2n) is 3.48. The minimum absolute atomic E-state index is 0.343. The third kappa shape index (κ3) is 2.97. The van der Waals surface area contributed by atoms with Crippen molar-refractivity contribution in [2.24, 2.45) is 0 Å². The van der Waals surface area contributed by atoms with Crippen molar-refractivity contribution in [3.8, 4) is 11.5 Å². The summed E-state index contributed by atoms with van der Waals surface area (Å²) in [4.78, 5) is 10.6. The summed E-state index contributed by atoms with van der Waals surface area (Å²) in [7, 11) is 0. The zero-order chi connectivity index (χ0) is 13.1. The number of carbonyl (C=O) groups excluding carboxylic acids is 1. The zero-order valence-electron chi connectivity index (χ0n) is 8.99. The average molecular weight is 374 g/mol.